The lowest BCUT2D eigenvalue weighted by Crippen LogP contribution is -2.25. The second kappa shape index (κ2) is 7.64. The summed E-state index contributed by atoms with van der Waals surface area (Å²) in [6.45, 7) is 2.12. The van der Waals surface area contributed by atoms with Crippen molar-refractivity contribution in [2.45, 2.75) is 13.5 Å². The topological polar surface area (TPSA) is 86.4 Å². The van der Waals surface area contributed by atoms with Crippen LogP contribution in [-0.4, -0.2) is 22.3 Å². The maximum absolute atomic E-state index is 13.0. The molecule has 0 aliphatic rings. The molecule has 1 amide bonds. The molecule has 8 heteroatoms. The summed E-state index contributed by atoms with van der Waals surface area (Å²) >= 11 is 0. The average Bonchev–Trinajstić information content (AvgIpc) is 2.98. The molecule has 0 aliphatic heterocycles. The summed E-state index contributed by atoms with van der Waals surface area (Å²) in [5.74, 6) is -0.905. The van der Waals surface area contributed by atoms with Crippen LogP contribution in [0.1, 0.15) is 6.92 Å². The van der Waals surface area contributed by atoms with Crippen molar-refractivity contribution in [3.05, 3.63) is 64.9 Å². The van der Waals surface area contributed by atoms with Gasteiger partial charge in [-0.1, -0.05) is 0 Å². The molecule has 1 aromatic heterocycles. The van der Waals surface area contributed by atoms with Crippen molar-refractivity contribution >= 4 is 11.6 Å². The molecule has 0 aliphatic carbocycles. The molecule has 2 aromatic carbocycles. The number of aromatic nitrogens is 2. The van der Waals surface area contributed by atoms with E-state index in [-0.39, 0.29) is 12.4 Å². The van der Waals surface area contributed by atoms with Gasteiger partial charge in [0.15, 0.2) is 0 Å². The molecule has 3 rings (SSSR count). The molecule has 0 saturated carbocycles. The lowest BCUT2D eigenvalue weighted by atomic mass is 10.2. The van der Waals surface area contributed by atoms with Crippen LogP contribution < -0.4 is 15.8 Å². The maximum atomic E-state index is 13.0. The van der Waals surface area contributed by atoms with E-state index in [1.165, 1.54) is 24.3 Å². The summed E-state index contributed by atoms with van der Waals surface area (Å²) in [6.07, 6.45) is 0. The summed E-state index contributed by atoms with van der Waals surface area (Å²) in [6, 6.07) is 12.2. The SMILES string of the molecule is CCOc1ccc(NC(=O)Cn2nc(-c3ccc(F)cc3)oc2=O)cc1. The van der Waals surface area contributed by atoms with E-state index < -0.39 is 17.5 Å². The number of hydrogen-bond donors (Lipinski definition) is 1. The van der Waals surface area contributed by atoms with Crippen molar-refractivity contribution in [1.82, 2.24) is 9.78 Å². The first-order valence-corrected chi connectivity index (χ1v) is 7.92. The number of carbonyl (C=O) groups excluding carboxylic acids is 1. The number of carbonyl (C=O) groups is 1. The number of anilines is 1. The quantitative estimate of drug-likeness (QED) is 0.733. The highest BCUT2D eigenvalue weighted by Gasteiger charge is 2.13. The minimum Gasteiger partial charge on any atom is -0.494 e. The van der Waals surface area contributed by atoms with Gasteiger partial charge in [-0.3, -0.25) is 4.79 Å². The lowest BCUT2D eigenvalue weighted by molar-refractivity contribution is -0.117. The highest BCUT2D eigenvalue weighted by molar-refractivity contribution is 5.90. The van der Waals surface area contributed by atoms with E-state index in [4.69, 9.17) is 9.15 Å². The summed E-state index contributed by atoms with van der Waals surface area (Å²) in [4.78, 5) is 23.9. The fourth-order valence-electron chi connectivity index (χ4n) is 2.25. The molecule has 134 valence electrons. The van der Waals surface area contributed by atoms with Crippen LogP contribution in [0.5, 0.6) is 5.75 Å². The van der Waals surface area contributed by atoms with Crippen molar-refractivity contribution in [3.63, 3.8) is 0 Å². The van der Waals surface area contributed by atoms with Gasteiger partial charge in [0.1, 0.15) is 18.1 Å². The largest absolute Gasteiger partial charge is 0.494 e. The number of nitrogens with zero attached hydrogens (tertiary/aromatic N) is 2. The van der Waals surface area contributed by atoms with Crippen LogP contribution in [-0.2, 0) is 11.3 Å². The lowest BCUT2D eigenvalue weighted by Gasteiger charge is -2.06. The molecule has 0 saturated heterocycles. The second-order valence-corrected chi connectivity index (χ2v) is 5.34. The van der Waals surface area contributed by atoms with Gasteiger partial charge in [-0.2, -0.15) is 4.68 Å². The zero-order chi connectivity index (χ0) is 18.5. The van der Waals surface area contributed by atoms with Gasteiger partial charge in [-0.15, -0.1) is 5.10 Å². The normalized spacial score (nSPS) is 10.5. The fraction of sp³-hybridized carbons (Fsp3) is 0.167. The summed E-state index contributed by atoms with van der Waals surface area (Å²) in [5.41, 5.74) is 1.00. The van der Waals surface area contributed by atoms with E-state index in [2.05, 4.69) is 10.4 Å². The molecule has 1 N–H and O–H groups in total. The van der Waals surface area contributed by atoms with E-state index in [1.54, 1.807) is 24.3 Å². The van der Waals surface area contributed by atoms with Gasteiger partial charge in [-0.25, -0.2) is 9.18 Å². The first kappa shape index (κ1) is 17.4. The average molecular weight is 357 g/mol. The Labute approximate surface area is 148 Å². The Hall–Kier alpha value is -3.42. The summed E-state index contributed by atoms with van der Waals surface area (Å²) in [5, 5.41) is 6.62. The number of nitrogens with one attached hydrogen (secondary N) is 1. The van der Waals surface area contributed by atoms with Crippen molar-refractivity contribution in [3.8, 4) is 17.2 Å². The van der Waals surface area contributed by atoms with E-state index in [1.807, 2.05) is 6.92 Å². The molecule has 0 fully saturated rings. The van der Waals surface area contributed by atoms with Crippen LogP contribution in [0, 0.1) is 5.82 Å². The number of amides is 1. The van der Waals surface area contributed by atoms with E-state index in [0.29, 0.717) is 23.6 Å². The van der Waals surface area contributed by atoms with Crippen molar-refractivity contribution in [2.24, 2.45) is 0 Å². The highest BCUT2D eigenvalue weighted by Crippen LogP contribution is 2.17. The Morgan fingerprint density at radius 1 is 1.19 bits per heavy atom. The minimum absolute atomic E-state index is 0.0175. The van der Waals surface area contributed by atoms with Crippen molar-refractivity contribution in [2.75, 3.05) is 11.9 Å². The molecule has 7 nitrogen and oxygen atoms in total. The van der Waals surface area contributed by atoms with Crippen LogP contribution in [0.15, 0.2) is 57.7 Å². The number of hydrogen-bond acceptors (Lipinski definition) is 5. The van der Waals surface area contributed by atoms with Crippen LogP contribution >= 0.6 is 0 Å². The Bertz CT molecular complexity index is 946. The third-order valence-electron chi connectivity index (χ3n) is 3.44. The monoisotopic (exact) mass is 357 g/mol. The molecule has 0 unspecified atom stereocenters. The number of rotatable bonds is 6. The predicted molar refractivity (Wildman–Crippen MR) is 92.4 cm³/mol. The predicted octanol–water partition coefficient (Wildman–Crippen LogP) is 2.68. The van der Waals surface area contributed by atoms with Crippen molar-refractivity contribution < 1.29 is 18.3 Å². The molecule has 0 bridgehead atoms. The fourth-order valence-corrected chi connectivity index (χ4v) is 2.25. The number of halogens is 1. The smallest absolute Gasteiger partial charge is 0.437 e. The van der Waals surface area contributed by atoms with Crippen LogP contribution in [0.2, 0.25) is 0 Å². The van der Waals surface area contributed by atoms with Crippen LogP contribution in [0.25, 0.3) is 11.5 Å². The first-order valence-electron chi connectivity index (χ1n) is 7.92. The zero-order valence-electron chi connectivity index (χ0n) is 13.9. The van der Waals surface area contributed by atoms with Crippen molar-refractivity contribution in [1.29, 1.82) is 0 Å². The summed E-state index contributed by atoms with van der Waals surface area (Å²) < 4.78 is 24.2. The molecule has 3 aromatic rings. The van der Waals surface area contributed by atoms with E-state index >= 15 is 0 Å². The van der Waals surface area contributed by atoms with Gasteiger partial charge in [0, 0.05) is 11.3 Å². The zero-order valence-corrected chi connectivity index (χ0v) is 13.9. The van der Waals surface area contributed by atoms with E-state index in [9.17, 15) is 14.0 Å². The molecule has 26 heavy (non-hydrogen) atoms. The van der Waals surface area contributed by atoms with Gasteiger partial charge in [0.2, 0.25) is 11.8 Å². The maximum Gasteiger partial charge on any atom is 0.437 e. The highest BCUT2D eigenvalue weighted by atomic mass is 19.1. The standard InChI is InChI=1S/C18H16FN3O4/c1-2-25-15-9-7-14(8-10-15)20-16(23)11-22-18(24)26-17(21-22)12-3-5-13(19)6-4-12/h3-10H,2,11H2,1H3,(H,20,23). The molecule has 0 radical (unpaired) electrons. The molecular weight excluding hydrogens is 341 g/mol. The Morgan fingerprint density at radius 2 is 1.88 bits per heavy atom. The number of benzene rings is 2. The van der Waals surface area contributed by atoms with Crippen LogP contribution in [0.4, 0.5) is 10.1 Å². The Kier molecular flexibility index (Phi) is 5.12. The molecule has 1 heterocycles. The number of ether oxygens (including phenoxy) is 1. The summed E-state index contributed by atoms with van der Waals surface area (Å²) in [7, 11) is 0. The molecule has 0 spiro atoms. The molecular formula is C18H16FN3O4. The van der Waals surface area contributed by atoms with Gasteiger partial charge in [0.05, 0.1) is 6.61 Å². The molecule has 0 atom stereocenters. The first-order chi connectivity index (χ1) is 12.5. The third-order valence-corrected chi connectivity index (χ3v) is 3.44. The minimum atomic E-state index is -0.772. The Morgan fingerprint density at radius 3 is 2.54 bits per heavy atom. The van der Waals surface area contributed by atoms with Crippen LogP contribution in [0.3, 0.4) is 0 Å². The van der Waals surface area contributed by atoms with Gasteiger partial charge in [-0.05, 0) is 55.5 Å². The third kappa shape index (κ3) is 4.15. The van der Waals surface area contributed by atoms with Gasteiger partial charge < -0.3 is 14.5 Å². The second-order valence-electron chi connectivity index (χ2n) is 5.34. The Balaban J connectivity index is 1.67. The van der Waals surface area contributed by atoms with E-state index in [0.717, 1.165) is 4.68 Å². The van der Waals surface area contributed by atoms with Gasteiger partial charge in [0.25, 0.3) is 0 Å². The van der Waals surface area contributed by atoms with Gasteiger partial charge >= 0.3 is 5.76 Å².